The Kier molecular flexibility index (Phi) is 4.96. The van der Waals surface area contributed by atoms with Crippen LogP contribution in [0.3, 0.4) is 0 Å². The van der Waals surface area contributed by atoms with Crippen molar-refractivity contribution in [1.29, 1.82) is 0 Å². The maximum Gasteiger partial charge on any atom is 0.127 e. The molecule has 0 aliphatic rings. The van der Waals surface area contributed by atoms with Crippen LogP contribution in [0.4, 0.5) is 5.82 Å². The number of fused-ring (bicyclic) bond motifs is 1. The second-order valence-electron chi connectivity index (χ2n) is 6.01. The van der Waals surface area contributed by atoms with Gasteiger partial charge in [0.1, 0.15) is 5.82 Å². The van der Waals surface area contributed by atoms with Gasteiger partial charge >= 0.3 is 0 Å². The molecule has 2 aromatic rings. The van der Waals surface area contributed by atoms with Gasteiger partial charge in [-0.3, -0.25) is 0 Å². The molecule has 2 N–H and O–H groups in total. The monoisotopic (exact) mass is 271 g/mol. The van der Waals surface area contributed by atoms with E-state index in [1.165, 1.54) is 10.9 Å². The lowest BCUT2D eigenvalue weighted by Crippen LogP contribution is -2.19. The van der Waals surface area contributed by atoms with Gasteiger partial charge in [-0.2, -0.15) is 0 Å². The van der Waals surface area contributed by atoms with Gasteiger partial charge in [0.05, 0.1) is 5.52 Å². The smallest absolute Gasteiger partial charge is 0.127 e. The van der Waals surface area contributed by atoms with Gasteiger partial charge in [-0.25, -0.2) is 4.98 Å². The van der Waals surface area contributed by atoms with Gasteiger partial charge in [0.2, 0.25) is 0 Å². The normalized spacial score (nSPS) is 11.5. The minimum atomic E-state index is 0.389. The van der Waals surface area contributed by atoms with E-state index < -0.39 is 0 Å². The molecule has 1 aromatic heterocycles. The Morgan fingerprint density at radius 2 is 1.85 bits per heavy atom. The number of aromatic nitrogens is 1. The number of benzene rings is 1. The van der Waals surface area contributed by atoms with Crippen molar-refractivity contribution in [2.45, 2.75) is 40.3 Å². The number of hydrogen-bond donors (Lipinski definition) is 2. The Labute approximate surface area is 121 Å². The number of para-hydroxylation sites is 1. The van der Waals surface area contributed by atoms with Crippen LogP contribution in [0.15, 0.2) is 30.3 Å². The third-order valence-corrected chi connectivity index (χ3v) is 3.11. The highest BCUT2D eigenvalue weighted by Crippen LogP contribution is 2.21. The fourth-order valence-corrected chi connectivity index (χ4v) is 2.26. The molecule has 0 amide bonds. The molecular weight excluding hydrogens is 246 g/mol. The van der Waals surface area contributed by atoms with Crippen LogP contribution in [0.1, 0.15) is 33.3 Å². The third-order valence-electron chi connectivity index (χ3n) is 3.11. The summed E-state index contributed by atoms with van der Waals surface area (Å²) in [5.74, 6) is 1.62. The summed E-state index contributed by atoms with van der Waals surface area (Å²) >= 11 is 0. The van der Waals surface area contributed by atoms with E-state index in [4.69, 9.17) is 0 Å². The fraction of sp³-hybridized carbons (Fsp3) is 0.471. The topological polar surface area (TPSA) is 37.0 Å². The highest BCUT2D eigenvalue weighted by atomic mass is 15.0. The molecule has 2 rings (SSSR count). The largest absolute Gasteiger partial charge is 0.368 e. The van der Waals surface area contributed by atoms with Crippen LogP contribution >= 0.6 is 0 Å². The summed E-state index contributed by atoms with van der Waals surface area (Å²) in [7, 11) is 0. The van der Waals surface area contributed by atoms with Crippen molar-refractivity contribution in [3.63, 3.8) is 0 Å². The van der Waals surface area contributed by atoms with Crippen molar-refractivity contribution in [2.24, 2.45) is 5.92 Å². The number of anilines is 1. The third kappa shape index (κ3) is 3.94. The molecule has 3 nitrogen and oxygen atoms in total. The maximum atomic E-state index is 4.68. The molecule has 0 aliphatic carbocycles. The maximum absolute atomic E-state index is 4.68. The molecule has 0 spiro atoms. The Bertz CT molecular complexity index is 561. The van der Waals surface area contributed by atoms with Crippen molar-refractivity contribution >= 4 is 16.7 Å². The molecule has 0 bridgehead atoms. The zero-order valence-corrected chi connectivity index (χ0v) is 12.9. The summed E-state index contributed by atoms with van der Waals surface area (Å²) in [4.78, 5) is 4.68. The zero-order chi connectivity index (χ0) is 14.5. The van der Waals surface area contributed by atoms with Crippen LogP contribution in [0, 0.1) is 5.92 Å². The first-order chi connectivity index (χ1) is 9.56. The summed E-state index contributed by atoms with van der Waals surface area (Å²) in [6.07, 6.45) is 0. The summed E-state index contributed by atoms with van der Waals surface area (Å²) in [6, 6.07) is 10.9. The number of hydrogen-bond acceptors (Lipinski definition) is 3. The van der Waals surface area contributed by atoms with E-state index >= 15 is 0 Å². The molecule has 0 fully saturated rings. The number of pyridine rings is 1. The van der Waals surface area contributed by atoms with Crippen LogP contribution in [-0.4, -0.2) is 17.6 Å². The average Bonchev–Trinajstić information content (AvgIpc) is 2.37. The van der Waals surface area contributed by atoms with Gasteiger partial charge in [-0.15, -0.1) is 0 Å². The predicted octanol–water partition coefficient (Wildman–Crippen LogP) is 3.80. The molecule has 3 heteroatoms. The van der Waals surface area contributed by atoms with Crippen molar-refractivity contribution in [2.75, 3.05) is 11.9 Å². The number of nitrogens with one attached hydrogen (secondary N) is 2. The Hall–Kier alpha value is -1.61. The molecule has 1 heterocycles. The quantitative estimate of drug-likeness (QED) is 0.839. The van der Waals surface area contributed by atoms with Crippen molar-refractivity contribution in [3.05, 3.63) is 35.9 Å². The van der Waals surface area contributed by atoms with E-state index in [0.717, 1.165) is 24.4 Å². The van der Waals surface area contributed by atoms with Crippen LogP contribution < -0.4 is 10.6 Å². The second kappa shape index (κ2) is 6.71. The van der Waals surface area contributed by atoms with E-state index in [0.29, 0.717) is 12.0 Å². The van der Waals surface area contributed by atoms with Gasteiger partial charge in [0.15, 0.2) is 0 Å². The standard InChI is InChI=1S/C17H25N3/c1-12(2)10-18-11-14-9-17(19-13(3)4)20-16-8-6-5-7-15(14)16/h5-9,12-13,18H,10-11H2,1-4H3,(H,19,20). The molecule has 0 atom stereocenters. The fourth-order valence-electron chi connectivity index (χ4n) is 2.26. The lowest BCUT2D eigenvalue weighted by Gasteiger charge is -2.14. The molecule has 20 heavy (non-hydrogen) atoms. The summed E-state index contributed by atoms with van der Waals surface area (Å²) in [6.45, 7) is 10.6. The first kappa shape index (κ1) is 14.8. The lowest BCUT2D eigenvalue weighted by atomic mass is 10.1. The molecule has 0 aliphatic heterocycles. The number of nitrogens with zero attached hydrogens (tertiary/aromatic N) is 1. The highest BCUT2D eigenvalue weighted by molar-refractivity contribution is 5.84. The SMILES string of the molecule is CC(C)CNCc1cc(NC(C)C)nc2ccccc12. The summed E-state index contributed by atoms with van der Waals surface area (Å²) < 4.78 is 0. The molecule has 1 aromatic carbocycles. The minimum absolute atomic E-state index is 0.389. The highest BCUT2D eigenvalue weighted by Gasteiger charge is 2.06. The second-order valence-corrected chi connectivity index (χ2v) is 6.01. The Morgan fingerprint density at radius 3 is 2.55 bits per heavy atom. The summed E-state index contributed by atoms with van der Waals surface area (Å²) in [5.41, 5.74) is 2.36. The Morgan fingerprint density at radius 1 is 1.10 bits per heavy atom. The van der Waals surface area contributed by atoms with Crippen LogP contribution in [-0.2, 0) is 6.54 Å². The molecule has 0 saturated carbocycles. The lowest BCUT2D eigenvalue weighted by molar-refractivity contribution is 0.553. The van der Waals surface area contributed by atoms with E-state index in [1.807, 2.05) is 6.07 Å². The van der Waals surface area contributed by atoms with Gasteiger partial charge in [0.25, 0.3) is 0 Å². The summed E-state index contributed by atoms with van der Waals surface area (Å²) in [5, 5.41) is 8.15. The predicted molar refractivity (Wildman–Crippen MR) is 87.0 cm³/mol. The minimum Gasteiger partial charge on any atom is -0.368 e. The average molecular weight is 271 g/mol. The van der Waals surface area contributed by atoms with Gasteiger partial charge in [0, 0.05) is 18.0 Å². The zero-order valence-electron chi connectivity index (χ0n) is 12.9. The van der Waals surface area contributed by atoms with Gasteiger partial charge < -0.3 is 10.6 Å². The van der Waals surface area contributed by atoms with E-state index in [2.05, 4.69) is 67.6 Å². The Balaban J connectivity index is 2.29. The molecular formula is C17H25N3. The van der Waals surface area contributed by atoms with Gasteiger partial charge in [-0.1, -0.05) is 32.0 Å². The van der Waals surface area contributed by atoms with Crippen molar-refractivity contribution in [3.8, 4) is 0 Å². The van der Waals surface area contributed by atoms with Gasteiger partial charge in [-0.05, 0) is 44.0 Å². The first-order valence-corrected chi connectivity index (χ1v) is 7.42. The van der Waals surface area contributed by atoms with Crippen LogP contribution in [0.2, 0.25) is 0 Å². The van der Waals surface area contributed by atoms with Crippen LogP contribution in [0.5, 0.6) is 0 Å². The first-order valence-electron chi connectivity index (χ1n) is 7.42. The molecule has 0 unspecified atom stereocenters. The van der Waals surface area contributed by atoms with Crippen molar-refractivity contribution in [1.82, 2.24) is 10.3 Å². The van der Waals surface area contributed by atoms with E-state index in [9.17, 15) is 0 Å². The van der Waals surface area contributed by atoms with E-state index in [-0.39, 0.29) is 0 Å². The van der Waals surface area contributed by atoms with Crippen LogP contribution in [0.25, 0.3) is 10.9 Å². The number of rotatable bonds is 6. The molecule has 108 valence electrons. The molecule has 0 saturated heterocycles. The van der Waals surface area contributed by atoms with E-state index in [1.54, 1.807) is 0 Å². The van der Waals surface area contributed by atoms with Crippen molar-refractivity contribution < 1.29 is 0 Å². The molecule has 0 radical (unpaired) electrons.